The van der Waals surface area contributed by atoms with E-state index in [2.05, 4.69) is 15.2 Å². The Bertz CT molecular complexity index is 192. The summed E-state index contributed by atoms with van der Waals surface area (Å²) in [6.45, 7) is 2.60. The van der Waals surface area contributed by atoms with Crippen molar-refractivity contribution in [3.63, 3.8) is 0 Å². The maximum Gasteiger partial charge on any atom is 0.179 e. The van der Waals surface area contributed by atoms with E-state index in [4.69, 9.17) is 5.73 Å². The van der Waals surface area contributed by atoms with Crippen LogP contribution in [0, 0.1) is 0 Å². The first-order valence-electron chi connectivity index (χ1n) is 3.21. The number of hydrogen-bond donors (Lipinski definition) is 1. The lowest BCUT2D eigenvalue weighted by Crippen LogP contribution is -2.17. The molecule has 1 aromatic carbocycles. The topological polar surface area (TPSA) is 26.0 Å². The Morgan fingerprint density at radius 1 is 1.40 bits per heavy atom. The normalized spacial score (nSPS) is 9.40. The lowest BCUT2D eigenvalue weighted by Gasteiger charge is -2.01. The minimum atomic E-state index is 0.612. The van der Waals surface area contributed by atoms with Crippen molar-refractivity contribution in [3.8, 4) is 0 Å². The molecule has 3 heteroatoms. The molecule has 0 bridgehead atoms. The van der Waals surface area contributed by atoms with Gasteiger partial charge in [0.15, 0.2) is 7.00 Å². The van der Waals surface area contributed by atoms with Gasteiger partial charge in [-0.25, -0.2) is 0 Å². The molecule has 1 aromatic rings. The van der Waals surface area contributed by atoms with Crippen LogP contribution in [0.1, 0.15) is 5.56 Å². The summed E-state index contributed by atoms with van der Waals surface area (Å²) in [6.07, 6.45) is 0. The van der Waals surface area contributed by atoms with Gasteiger partial charge in [0.1, 0.15) is 0 Å². The maximum absolute atomic E-state index is 5.50. The fourth-order valence-corrected chi connectivity index (χ4v) is 1.21. The minimum Gasteiger partial charge on any atom is -0.327 e. The summed E-state index contributed by atoms with van der Waals surface area (Å²) in [4.78, 5) is 0. The van der Waals surface area contributed by atoms with Crippen LogP contribution in [0.5, 0.6) is 0 Å². The van der Waals surface area contributed by atoms with Crippen LogP contribution in [-0.4, -0.2) is 7.00 Å². The average molecular weight is 150 g/mol. The smallest absolute Gasteiger partial charge is 0.179 e. The summed E-state index contributed by atoms with van der Waals surface area (Å²) >= 11 is 0. The molecule has 10 heavy (non-hydrogen) atoms. The van der Waals surface area contributed by atoms with E-state index in [0.717, 1.165) is 0 Å². The Labute approximate surface area is 64.4 Å². The van der Waals surface area contributed by atoms with Crippen molar-refractivity contribution in [2.24, 2.45) is 5.73 Å². The van der Waals surface area contributed by atoms with Crippen LogP contribution in [0.25, 0.3) is 0 Å². The summed E-state index contributed by atoms with van der Waals surface area (Å²) in [5, 5.41) is 0. The highest BCUT2D eigenvalue weighted by Gasteiger charge is 1.95. The Balaban J connectivity index is 2.96. The molecule has 1 atom stereocenters. The Kier molecular flexibility index (Phi) is 2.92. The molecule has 0 aliphatic heterocycles. The molecule has 2 N–H and O–H groups in total. The lowest BCUT2D eigenvalue weighted by atomic mass is 9.89. The summed E-state index contributed by atoms with van der Waals surface area (Å²) in [6, 6.07) is 8.10. The van der Waals surface area contributed by atoms with Gasteiger partial charge in [0.05, 0.1) is 0 Å². The van der Waals surface area contributed by atoms with Crippen LogP contribution in [0.4, 0.5) is 0 Å². The average Bonchev–Trinajstić information content (AvgIpc) is 2.04. The van der Waals surface area contributed by atoms with Crippen molar-refractivity contribution < 1.29 is 0 Å². The third-order valence-electron chi connectivity index (χ3n) is 1.45. The molecular weight excluding hydrogens is 140 g/mol. The molecule has 1 nitrogen and oxygen atoms in total. The number of benzene rings is 1. The Morgan fingerprint density at radius 2 is 2.10 bits per heavy atom. The first kappa shape index (κ1) is 7.78. The zero-order valence-electron chi connectivity index (χ0n) is 5.75. The molecular formula is C7H10BNP. The fraction of sp³-hybridized carbons (Fsp3) is 0.143. The number of rotatable bonds is 2. The highest BCUT2D eigenvalue weighted by molar-refractivity contribution is 7.58. The van der Waals surface area contributed by atoms with Crippen molar-refractivity contribution in [2.75, 3.05) is 0 Å². The van der Waals surface area contributed by atoms with Crippen LogP contribution >= 0.6 is 9.12 Å². The van der Waals surface area contributed by atoms with Gasteiger partial charge in [0, 0.05) is 6.54 Å². The molecule has 0 spiro atoms. The molecule has 0 saturated heterocycles. The van der Waals surface area contributed by atoms with Crippen molar-refractivity contribution in [2.45, 2.75) is 6.54 Å². The van der Waals surface area contributed by atoms with E-state index in [1.165, 1.54) is 11.0 Å². The van der Waals surface area contributed by atoms with E-state index >= 15 is 0 Å². The van der Waals surface area contributed by atoms with Gasteiger partial charge in [0.25, 0.3) is 0 Å². The zero-order valence-corrected chi connectivity index (χ0v) is 6.90. The van der Waals surface area contributed by atoms with Crippen LogP contribution < -0.4 is 11.2 Å². The second kappa shape index (κ2) is 3.75. The molecule has 0 heterocycles. The van der Waals surface area contributed by atoms with Gasteiger partial charge in [-0.2, -0.15) is 9.12 Å². The number of nitrogens with two attached hydrogens (primary N) is 1. The highest BCUT2D eigenvalue weighted by Crippen LogP contribution is 1.94. The number of hydrogen-bond acceptors (Lipinski definition) is 1. The van der Waals surface area contributed by atoms with E-state index in [-0.39, 0.29) is 0 Å². The van der Waals surface area contributed by atoms with Crippen LogP contribution in [0.2, 0.25) is 0 Å². The third-order valence-corrected chi connectivity index (χ3v) is 1.81. The van der Waals surface area contributed by atoms with Gasteiger partial charge < -0.3 is 5.73 Å². The summed E-state index contributed by atoms with van der Waals surface area (Å²) in [7, 11) is 2.58. The van der Waals surface area contributed by atoms with Gasteiger partial charge in [-0.1, -0.05) is 29.7 Å². The molecule has 0 fully saturated rings. The van der Waals surface area contributed by atoms with Crippen LogP contribution in [0.15, 0.2) is 24.3 Å². The summed E-state index contributed by atoms with van der Waals surface area (Å²) in [5.74, 6) is 0. The second-order valence-electron chi connectivity index (χ2n) is 2.07. The molecule has 0 aliphatic carbocycles. The van der Waals surface area contributed by atoms with Crippen molar-refractivity contribution in [1.82, 2.24) is 0 Å². The van der Waals surface area contributed by atoms with E-state index < -0.39 is 0 Å². The predicted molar refractivity (Wildman–Crippen MR) is 49.4 cm³/mol. The summed E-state index contributed by atoms with van der Waals surface area (Å²) in [5.41, 5.74) is 7.89. The molecule has 51 valence electrons. The summed E-state index contributed by atoms with van der Waals surface area (Å²) < 4.78 is 0. The first-order valence-corrected chi connectivity index (χ1v) is 3.88. The largest absolute Gasteiger partial charge is 0.327 e. The Morgan fingerprint density at radius 3 is 2.60 bits per heavy atom. The van der Waals surface area contributed by atoms with E-state index in [1.54, 1.807) is 0 Å². The molecule has 1 unspecified atom stereocenters. The second-order valence-corrected chi connectivity index (χ2v) is 2.40. The third kappa shape index (κ3) is 1.59. The molecule has 1 radical (unpaired) electrons. The molecule has 1 rings (SSSR count). The van der Waals surface area contributed by atoms with Crippen molar-refractivity contribution in [1.29, 1.82) is 0 Å². The van der Waals surface area contributed by atoms with Crippen molar-refractivity contribution in [3.05, 3.63) is 29.8 Å². The standard InChI is InChI=1S/C7H10BNP/c9-5-6-3-1-2-4-7(6)8-10/h1-4H,5,9-10H2. The van der Waals surface area contributed by atoms with Gasteiger partial charge in [-0.3, -0.25) is 0 Å². The first-order chi connectivity index (χ1) is 4.88. The highest BCUT2D eigenvalue weighted by atomic mass is 31.0. The molecule has 0 amide bonds. The maximum atomic E-state index is 5.50. The zero-order chi connectivity index (χ0) is 7.40. The van der Waals surface area contributed by atoms with E-state index in [1.807, 2.05) is 25.2 Å². The minimum absolute atomic E-state index is 0.612. The molecule has 0 aromatic heterocycles. The molecule has 0 saturated carbocycles. The van der Waals surface area contributed by atoms with Gasteiger partial charge in [-0.15, -0.1) is 0 Å². The lowest BCUT2D eigenvalue weighted by molar-refractivity contribution is 1.08. The molecule has 0 aliphatic rings. The quantitative estimate of drug-likeness (QED) is 0.475. The van der Waals surface area contributed by atoms with Gasteiger partial charge >= 0.3 is 0 Å². The fourth-order valence-electron chi connectivity index (χ4n) is 0.883. The monoisotopic (exact) mass is 150 g/mol. The predicted octanol–water partition coefficient (Wildman–Crippen LogP) is 0.265. The van der Waals surface area contributed by atoms with Crippen LogP contribution in [0.3, 0.4) is 0 Å². The SMILES string of the molecule is NCc1ccccc1[B]P. The van der Waals surface area contributed by atoms with Gasteiger partial charge in [-0.05, 0) is 5.56 Å². The van der Waals surface area contributed by atoms with Gasteiger partial charge in [0.2, 0.25) is 0 Å². The van der Waals surface area contributed by atoms with Crippen molar-refractivity contribution >= 4 is 21.6 Å². The van der Waals surface area contributed by atoms with Crippen LogP contribution in [-0.2, 0) is 6.54 Å². The van der Waals surface area contributed by atoms with E-state index in [9.17, 15) is 0 Å². The van der Waals surface area contributed by atoms with E-state index in [0.29, 0.717) is 6.54 Å². The Hall–Kier alpha value is -0.325.